The summed E-state index contributed by atoms with van der Waals surface area (Å²) in [5.74, 6) is 1.37. The molecule has 112 valence electrons. The lowest BCUT2D eigenvalue weighted by molar-refractivity contribution is -0.385. The molecule has 2 heterocycles. The van der Waals surface area contributed by atoms with Gasteiger partial charge in [-0.25, -0.2) is 4.98 Å². The van der Waals surface area contributed by atoms with Crippen molar-refractivity contribution in [2.24, 2.45) is 0 Å². The predicted molar refractivity (Wildman–Crippen MR) is 83.9 cm³/mol. The highest BCUT2D eigenvalue weighted by Gasteiger charge is 2.15. The lowest BCUT2D eigenvalue weighted by atomic mass is 10.2. The number of nitrogens with one attached hydrogen (secondary N) is 1. The molecule has 6 heteroatoms. The molecule has 0 radical (unpaired) electrons. The summed E-state index contributed by atoms with van der Waals surface area (Å²) in [5, 5.41) is 15.0. The SMILES string of the molecule is Cc1nc(N[C@H](C)c2cc3ccccc3o2)ccc1[N+](=O)[O-]. The van der Waals surface area contributed by atoms with Crippen LogP contribution in [-0.4, -0.2) is 9.91 Å². The van der Waals surface area contributed by atoms with Gasteiger partial charge in [-0.3, -0.25) is 10.1 Å². The summed E-state index contributed by atoms with van der Waals surface area (Å²) >= 11 is 0. The van der Waals surface area contributed by atoms with E-state index >= 15 is 0 Å². The number of hydrogen-bond acceptors (Lipinski definition) is 5. The molecular weight excluding hydrogens is 282 g/mol. The summed E-state index contributed by atoms with van der Waals surface area (Å²) < 4.78 is 5.80. The van der Waals surface area contributed by atoms with Crippen LogP contribution in [0.1, 0.15) is 24.4 Å². The number of anilines is 1. The van der Waals surface area contributed by atoms with E-state index in [4.69, 9.17) is 4.42 Å². The zero-order valence-corrected chi connectivity index (χ0v) is 12.2. The summed E-state index contributed by atoms with van der Waals surface area (Å²) in [4.78, 5) is 14.6. The molecule has 0 aliphatic heterocycles. The summed E-state index contributed by atoms with van der Waals surface area (Å²) in [5.41, 5.74) is 1.23. The molecule has 3 aromatic rings. The lowest BCUT2D eigenvalue weighted by Crippen LogP contribution is -2.08. The van der Waals surface area contributed by atoms with Gasteiger partial charge in [0.25, 0.3) is 5.69 Å². The van der Waals surface area contributed by atoms with E-state index in [9.17, 15) is 10.1 Å². The second-order valence-corrected chi connectivity index (χ2v) is 5.11. The Morgan fingerprint density at radius 2 is 2.05 bits per heavy atom. The van der Waals surface area contributed by atoms with Crippen LogP contribution < -0.4 is 5.32 Å². The number of nitro groups is 1. The molecule has 0 saturated heterocycles. The van der Waals surface area contributed by atoms with Crippen LogP contribution in [0.25, 0.3) is 11.0 Å². The van der Waals surface area contributed by atoms with Crippen molar-refractivity contribution in [3.8, 4) is 0 Å². The zero-order chi connectivity index (χ0) is 15.7. The van der Waals surface area contributed by atoms with Crippen molar-refractivity contribution in [3.05, 3.63) is 64.0 Å². The van der Waals surface area contributed by atoms with Gasteiger partial charge in [0, 0.05) is 11.5 Å². The first-order chi connectivity index (χ1) is 10.5. The molecule has 0 aliphatic carbocycles. The Morgan fingerprint density at radius 3 is 2.73 bits per heavy atom. The molecule has 2 aromatic heterocycles. The molecule has 1 atom stereocenters. The molecule has 0 unspecified atom stereocenters. The molecule has 0 spiro atoms. The number of aryl methyl sites for hydroxylation is 1. The van der Waals surface area contributed by atoms with Crippen LogP contribution in [0.2, 0.25) is 0 Å². The molecule has 0 bridgehead atoms. The highest BCUT2D eigenvalue weighted by molar-refractivity contribution is 5.77. The molecular formula is C16H15N3O3. The average Bonchev–Trinajstić information content (AvgIpc) is 2.91. The Morgan fingerprint density at radius 1 is 1.27 bits per heavy atom. The van der Waals surface area contributed by atoms with Crippen molar-refractivity contribution < 1.29 is 9.34 Å². The van der Waals surface area contributed by atoms with E-state index in [-0.39, 0.29) is 11.7 Å². The van der Waals surface area contributed by atoms with Gasteiger partial charge in [-0.15, -0.1) is 0 Å². The minimum atomic E-state index is -0.436. The fourth-order valence-electron chi connectivity index (χ4n) is 2.34. The average molecular weight is 297 g/mol. The number of nitrogens with zero attached hydrogens (tertiary/aromatic N) is 2. The number of benzene rings is 1. The van der Waals surface area contributed by atoms with Gasteiger partial charge < -0.3 is 9.73 Å². The van der Waals surface area contributed by atoms with Crippen molar-refractivity contribution in [3.63, 3.8) is 0 Å². The molecule has 6 nitrogen and oxygen atoms in total. The van der Waals surface area contributed by atoms with Gasteiger partial charge in [-0.2, -0.15) is 0 Å². The smallest absolute Gasteiger partial charge is 0.290 e. The van der Waals surface area contributed by atoms with E-state index in [1.54, 1.807) is 13.0 Å². The van der Waals surface area contributed by atoms with Crippen LogP contribution in [0, 0.1) is 17.0 Å². The molecule has 0 amide bonds. The van der Waals surface area contributed by atoms with E-state index in [0.29, 0.717) is 11.5 Å². The Balaban J connectivity index is 1.83. The van der Waals surface area contributed by atoms with E-state index in [2.05, 4.69) is 10.3 Å². The first-order valence-electron chi connectivity index (χ1n) is 6.91. The largest absolute Gasteiger partial charge is 0.459 e. The summed E-state index contributed by atoms with van der Waals surface area (Å²) in [6, 6.07) is 12.7. The van der Waals surface area contributed by atoms with Gasteiger partial charge in [0.1, 0.15) is 22.9 Å². The van der Waals surface area contributed by atoms with Gasteiger partial charge in [-0.05, 0) is 32.0 Å². The van der Waals surface area contributed by atoms with Crippen LogP contribution in [-0.2, 0) is 0 Å². The number of rotatable bonds is 4. The zero-order valence-electron chi connectivity index (χ0n) is 12.2. The van der Waals surface area contributed by atoms with E-state index in [1.165, 1.54) is 6.07 Å². The lowest BCUT2D eigenvalue weighted by Gasteiger charge is -2.12. The predicted octanol–water partition coefficient (Wildman–Crippen LogP) is 4.22. The molecule has 1 aromatic carbocycles. The van der Waals surface area contributed by atoms with Gasteiger partial charge in [0.05, 0.1) is 11.0 Å². The van der Waals surface area contributed by atoms with Crippen molar-refractivity contribution in [1.82, 2.24) is 4.98 Å². The summed E-state index contributed by atoms with van der Waals surface area (Å²) in [7, 11) is 0. The Labute approximate surface area is 126 Å². The standard InChI is InChI=1S/C16H15N3O3/c1-10-13(19(20)21)7-8-16(17-10)18-11(2)15-9-12-5-3-4-6-14(12)22-15/h3-9,11H,1-2H3,(H,17,18)/t11-/m1/s1. The maximum Gasteiger partial charge on any atom is 0.290 e. The Hall–Kier alpha value is -2.89. The van der Waals surface area contributed by atoms with Gasteiger partial charge in [-0.1, -0.05) is 18.2 Å². The Kier molecular flexibility index (Phi) is 3.50. The van der Waals surface area contributed by atoms with Crippen molar-refractivity contribution in [2.45, 2.75) is 19.9 Å². The summed E-state index contributed by atoms with van der Waals surface area (Å²) in [6.07, 6.45) is 0. The van der Waals surface area contributed by atoms with E-state index in [0.717, 1.165) is 16.7 Å². The van der Waals surface area contributed by atoms with Crippen LogP contribution in [0.3, 0.4) is 0 Å². The minimum Gasteiger partial charge on any atom is -0.459 e. The fraction of sp³-hybridized carbons (Fsp3) is 0.188. The van der Waals surface area contributed by atoms with E-state index in [1.807, 2.05) is 37.3 Å². The quantitative estimate of drug-likeness (QED) is 0.576. The van der Waals surface area contributed by atoms with Gasteiger partial charge >= 0.3 is 0 Å². The number of aromatic nitrogens is 1. The highest BCUT2D eigenvalue weighted by Crippen LogP contribution is 2.26. The van der Waals surface area contributed by atoms with Crippen LogP contribution >= 0.6 is 0 Å². The van der Waals surface area contributed by atoms with Crippen molar-refractivity contribution in [2.75, 3.05) is 5.32 Å². The van der Waals surface area contributed by atoms with Gasteiger partial charge in [0.15, 0.2) is 0 Å². The molecule has 0 saturated carbocycles. The first kappa shape index (κ1) is 14.1. The number of hydrogen-bond donors (Lipinski definition) is 1. The van der Waals surface area contributed by atoms with Crippen LogP contribution in [0.5, 0.6) is 0 Å². The number of pyridine rings is 1. The molecule has 22 heavy (non-hydrogen) atoms. The topological polar surface area (TPSA) is 81.2 Å². The van der Waals surface area contributed by atoms with Crippen molar-refractivity contribution >= 4 is 22.5 Å². The number of fused-ring (bicyclic) bond motifs is 1. The minimum absolute atomic E-state index is 0.0157. The van der Waals surface area contributed by atoms with E-state index < -0.39 is 4.92 Å². The third-order valence-electron chi connectivity index (χ3n) is 3.49. The monoisotopic (exact) mass is 297 g/mol. The van der Waals surface area contributed by atoms with Crippen LogP contribution in [0.15, 0.2) is 46.9 Å². The molecule has 0 fully saturated rings. The maximum atomic E-state index is 10.8. The van der Waals surface area contributed by atoms with Crippen LogP contribution in [0.4, 0.5) is 11.5 Å². The number of furan rings is 1. The first-order valence-corrected chi connectivity index (χ1v) is 6.91. The number of para-hydroxylation sites is 1. The third kappa shape index (κ3) is 2.63. The second-order valence-electron chi connectivity index (χ2n) is 5.11. The molecule has 1 N–H and O–H groups in total. The molecule has 0 aliphatic rings. The van der Waals surface area contributed by atoms with Crippen molar-refractivity contribution in [1.29, 1.82) is 0 Å². The third-order valence-corrected chi connectivity index (χ3v) is 3.49. The Bertz CT molecular complexity index is 809. The fourth-order valence-corrected chi connectivity index (χ4v) is 2.34. The maximum absolute atomic E-state index is 10.8. The van der Waals surface area contributed by atoms with Gasteiger partial charge in [0.2, 0.25) is 0 Å². The summed E-state index contributed by atoms with van der Waals surface area (Å²) in [6.45, 7) is 3.57. The normalized spacial score (nSPS) is 12.3. The second kappa shape index (κ2) is 5.48. The highest BCUT2D eigenvalue weighted by atomic mass is 16.6. The molecule has 3 rings (SSSR count).